The van der Waals surface area contributed by atoms with Crippen LogP contribution < -0.4 is 10.2 Å². The number of piperidine rings is 1. The maximum Gasteiger partial charge on any atom is 0.229 e. The molecule has 1 fully saturated rings. The molecule has 0 unspecified atom stereocenters. The van der Waals surface area contributed by atoms with Crippen molar-refractivity contribution < 1.29 is 4.79 Å². The molecule has 0 spiro atoms. The Balaban J connectivity index is 1.50. The lowest BCUT2D eigenvalue weighted by Crippen LogP contribution is -2.40. The lowest BCUT2D eigenvalue weighted by atomic mass is 9.97. The van der Waals surface area contributed by atoms with Crippen LogP contribution in [0.1, 0.15) is 24.0 Å². The molecule has 1 aliphatic rings. The Morgan fingerprint density at radius 3 is 2.81 bits per heavy atom. The molecule has 0 bridgehead atoms. The number of benzene rings is 1. The molecule has 3 heterocycles. The summed E-state index contributed by atoms with van der Waals surface area (Å²) in [4.78, 5) is 25.1. The topological polar surface area (TPSA) is 58.1 Å². The smallest absolute Gasteiger partial charge is 0.229 e. The van der Waals surface area contributed by atoms with E-state index in [0.29, 0.717) is 6.54 Å². The van der Waals surface area contributed by atoms with Crippen molar-refractivity contribution in [2.24, 2.45) is 5.92 Å². The van der Waals surface area contributed by atoms with E-state index in [2.05, 4.69) is 15.2 Å². The normalized spacial score (nSPS) is 17.5. The number of carbonyl (C=O) groups is 1. The SMILES string of the molecule is Cc1cccc(C)c1NC(=O)[C@H]1CCCN(c2nc3cccnc3s2)C1. The van der Waals surface area contributed by atoms with Crippen LogP contribution in [-0.4, -0.2) is 29.0 Å². The van der Waals surface area contributed by atoms with Crippen LogP contribution in [0.15, 0.2) is 36.5 Å². The lowest BCUT2D eigenvalue weighted by Gasteiger charge is -2.32. The van der Waals surface area contributed by atoms with Gasteiger partial charge in [-0.2, -0.15) is 0 Å². The van der Waals surface area contributed by atoms with Crippen LogP contribution in [0.4, 0.5) is 10.8 Å². The first kappa shape index (κ1) is 17.0. The second-order valence-electron chi connectivity index (χ2n) is 6.87. The maximum absolute atomic E-state index is 12.9. The summed E-state index contributed by atoms with van der Waals surface area (Å²) in [6.45, 7) is 5.71. The van der Waals surface area contributed by atoms with Gasteiger partial charge in [0.2, 0.25) is 5.91 Å². The van der Waals surface area contributed by atoms with Gasteiger partial charge in [-0.15, -0.1) is 0 Å². The van der Waals surface area contributed by atoms with Crippen LogP contribution in [0.2, 0.25) is 0 Å². The first-order valence-corrected chi connectivity index (χ1v) is 9.77. The fourth-order valence-corrected chi connectivity index (χ4v) is 4.44. The summed E-state index contributed by atoms with van der Waals surface area (Å²) in [6, 6.07) is 9.97. The Morgan fingerprint density at radius 1 is 1.23 bits per heavy atom. The predicted octanol–water partition coefficient (Wildman–Crippen LogP) is 4.16. The van der Waals surface area contributed by atoms with Crippen LogP contribution in [0.5, 0.6) is 0 Å². The van der Waals surface area contributed by atoms with Crippen molar-refractivity contribution in [3.05, 3.63) is 47.7 Å². The number of rotatable bonds is 3. The number of aryl methyl sites for hydroxylation is 2. The Bertz CT molecular complexity index is 899. The minimum Gasteiger partial charge on any atom is -0.347 e. The van der Waals surface area contributed by atoms with E-state index < -0.39 is 0 Å². The van der Waals surface area contributed by atoms with Gasteiger partial charge >= 0.3 is 0 Å². The lowest BCUT2D eigenvalue weighted by molar-refractivity contribution is -0.120. The van der Waals surface area contributed by atoms with Gasteiger partial charge in [-0.05, 0) is 49.9 Å². The van der Waals surface area contributed by atoms with Gasteiger partial charge in [0.05, 0.1) is 5.92 Å². The minimum atomic E-state index is -0.0253. The zero-order valence-electron chi connectivity index (χ0n) is 15.0. The van der Waals surface area contributed by atoms with Crippen molar-refractivity contribution in [1.82, 2.24) is 9.97 Å². The third-order valence-electron chi connectivity index (χ3n) is 4.95. The zero-order valence-corrected chi connectivity index (χ0v) is 15.8. The Morgan fingerprint density at radius 2 is 2.04 bits per heavy atom. The predicted molar refractivity (Wildman–Crippen MR) is 107 cm³/mol. The molecule has 1 N–H and O–H groups in total. The molecule has 26 heavy (non-hydrogen) atoms. The summed E-state index contributed by atoms with van der Waals surface area (Å²) in [6.07, 6.45) is 3.70. The first-order valence-electron chi connectivity index (χ1n) is 8.95. The number of thiazole rings is 1. The molecule has 4 rings (SSSR count). The van der Waals surface area contributed by atoms with Crippen molar-refractivity contribution in [2.75, 3.05) is 23.3 Å². The first-order chi connectivity index (χ1) is 12.6. The number of pyridine rings is 1. The molecule has 0 saturated carbocycles. The number of fused-ring (bicyclic) bond motifs is 1. The molecule has 1 atom stereocenters. The highest BCUT2D eigenvalue weighted by molar-refractivity contribution is 7.21. The number of anilines is 2. The fourth-order valence-electron chi connectivity index (χ4n) is 3.50. The van der Waals surface area contributed by atoms with E-state index in [1.807, 2.05) is 44.2 Å². The van der Waals surface area contributed by atoms with Gasteiger partial charge < -0.3 is 10.2 Å². The van der Waals surface area contributed by atoms with Gasteiger partial charge in [-0.1, -0.05) is 29.5 Å². The number of aromatic nitrogens is 2. The molecule has 0 aliphatic carbocycles. The summed E-state index contributed by atoms with van der Waals surface area (Å²) in [5, 5.41) is 4.11. The number of amides is 1. The molecule has 6 heteroatoms. The highest BCUT2D eigenvalue weighted by Crippen LogP contribution is 2.31. The number of carbonyl (C=O) groups excluding carboxylic acids is 1. The summed E-state index contributed by atoms with van der Waals surface area (Å²) in [7, 11) is 0. The standard InChI is InChI=1S/C20H22N4OS/c1-13-6-3-7-14(2)17(13)23-18(25)15-8-5-11-24(12-15)20-22-16-9-4-10-21-19(16)26-20/h3-4,6-7,9-10,15H,5,8,11-12H2,1-2H3,(H,23,25)/t15-/m0/s1. The molecule has 1 aromatic carbocycles. The van der Waals surface area contributed by atoms with Crippen LogP contribution in [0, 0.1) is 19.8 Å². The molecule has 1 amide bonds. The monoisotopic (exact) mass is 366 g/mol. The minimum absolute atomic E-state index is 0.0253. The van der Waals surface area contributed by atoms with Crippen LogP contribution >= 0.6 is 11.3 Å². The summed E-state index contributed by atoms with van der Waals surface area (Å²) in [5.41, 5.74) is 4.07. The second kappa shape index (κ2) is 7.03. The fraction of sp³-hybridized carbons (Fsp3) is 0.350. The number of para-hydroxylation sites is 1. The van der Waals surface area contributed by atoms with E-state index in [1.54, 1.807) is 17.5 Å². The van der Waals surface area contributed by atoms with Gasteiger partial charge in [-0.3, -0.25) is 4.79 Å². The van der Waals surface area contributed by atoms with E-state index in [4.69, 9.17) is 4.98 Å². The third-order valence-corrected chi connectivity index (χ3v) is 5.99. The average Bonchev–Trinajstić information content (AvgIpc) is 3.09. The number of hydrogen-bond donors (Lipinski definition) is 1. The Kier molecular flexibility index (Phi) is 4.59. The number of nitrogens with one attached hydrogen (secondary N) is 1. The van der Waals surface area contributed by atoms with Crippen LogP contribution in [0.3, 0.4) is 0 Å². The zero-order chi connectivity index (χ0) is 18.1. The average molecular weight is 366 g/mol. The Hall–Kier alpha value is -2.47. The van der Waals surface area contributed by atoms with Crippen molar-refractivity contribution in [1.29, 1.82) is 0 Å². The number of hydrogen-bond acceptors (Lipinski definition) is 5. The second-order valence-corrected chi connectivity index (χ2v) is 7.82. The van der Waals surface area contributed by atoms with E-state index in [1.165, 1.54) is 0 Å². The van der Waals surface area contributed by atoms with Crippen molar-refractivity contribution >= 4 is 38.4 Å². The summed E-state index contributed by atoms with van der Waals surface area (Å²) < 4.78 is 0. The van der Waals surface area contributed by atoms with Gasteiger partial charge in [0.25, 0.3) is 0 Å². The van der Waals surface area contributed by atoms with Crippen LogP contribution in [-0.2, 0) is 4.79 Å². The van der Waals surface area contributed by atoms with Gasteiger partial charge in [-0.25, -0.2) is 9.97 Å². The Labute approximate surface area is 157 Å². The van der Waals surface area contributed by atoms with E-state index in [0.717, 1.165) is 51.7 Å². The molecule has 1 saturated heterocycles. The third kappa shape index (κ3) is 3.29. The molecule has 5 nitrogen and oxygen atoms in total. The largest absolute Gasteiger partial charge is 0.347 e. The molecule has 2 aromatic heterocycles. The van der Waals surface area contributed by atoms with Gasteiger partial charge in [0.15, 0.2) is 5.13 Å². The molecule has 3 aromatic rings. The van der Waals surface area contributed by atoms with Crippen molar-refractivity contribution in [3.8, 4) is 0 Å². The van der Waals surface area contributed by atoms with E-state index >= 15 is 0 Å². The summed E-state index contributed by atoms with van der Waals surface area (Å²) in [5.74, 6) is 0.0778. The molecule has 0 radical (unpaired) electrons. The number of nitrogens with zero attached hydrogens (tertiary/aromatic N) is 3. The van der Waals surface area contributed by atoms with Crippen LogP contribution in [0.25, 0.3) is 10.3 Å². The summed E-state index contributed by atoms with van der Waals surface area (Å²) >= 11 is 1.60. The van der Waals surface area contributed by atoms with Gasteiger partial charge in [0.1, 0.15) is 10.3 Å². The van der Waals surface area contributed by atoms with Gasteiger partial charge in [0, 0.05) is 25.0 Å². The van der Waals surface area contributed by atoms with Crippen molar-refractivity contribution in [3.63, 3.8) is 0 Å². The molecular weight excluding hydrogens is 344 g/mol. The van der Waals surface area contributed by atoms with E-state index in [-0.39, 0.29) is 11.8 Å². The van der Waals surface area contributed by atoms with E-state index in [9.17, 15) is 4.79 Å². The molecule has 1 aliphatic heterocycles. The van der Waals surface area contributed by atoms with Crippen molar-refractivity contribution in [2.45, 2.75) is 26.7 Å². The highest BCUT2D eigenvalue weighted by Gasteiger charge is 2.28. The highest BCUT2D eigenvalue weighted by atomic mass is 32.1. The maximum atomic E-state index is 12.9. The molecule has 134 valence electrons. The quantitative estimate of drug-likeness (QED) is 0.756. The molecular formula is C20H22N4OS.